The van der Waals surface area contributed by atoms with E-state index in [-0.39, 0.29) is 10.8 Å². The molecule has 3 aromatic rings. The molecule has 0 bridgehead atoms. The Balaban J connectivity index is 1.36. The first kappa shape index (κ1) is 24.8. The maximum atomic E-state index is 13.2. The number of methoxy groups -OCH3 is 1. The number of hydrogen-bond donors (Lipinski definition) is 0. The van der Waals surface area contributed by atoms with Crippen molar-refractivity contribution in [1.82, 2.24) is 4.90 Å². The second-order valence-electron chi connectivity index (χ2n) is 8.96. The van der Waals surface area contributed by atoms with Crippen LogP contribution in [-0.2, 0) is 16.4 Å². The van der Waals surface area contributed by atoms with Gasteiger partial charge in [0.25, 0.3) is 15.9 Å². The molecule has 3 aromatic carbocycles. The molecule has 1 saturated heterocycles. The van der Waals surface area contributed by atoms with Crippen molar-refractivity contribution in [1.29, 1.82) is 0 Å². The molecular weight excluding hydrogens is 460 g/mol. The van der Waals surface area contributed by atoms with Gasteiger partial charge in [-0.1, -0.05) is 36.4 Å². The number of nitrogens with zero attached hydrogens (tertiary/aromatic N) is 2. The van der Waals surface area contributed by atoms with Crippen molar-refractivity contribution in [2.24, 2.45) is 5.92 Å². The average Bonchev–Trinajstić information content (AvgIpc) is 2.92. The Morgan fingerprint density at radius 1 is 0.971 bits per heavy atom. The molecule has 1 heterocycles. The van der Waals surface area contributed by atoms with Crippen LogP contribution in [0.1, 0.15) is 35.2 Å². The number of hydrogen-bond acceptors (Lipinski definition) is 4. The molecule has 0 radical (unpaired) electrons. The van der Waals surface area contributed by atoms with Gasteiger partial charge in [0, 0.05) is 25.7 Å². The van der Waals surface area contributed by atoms with E-state index in [9.17, 15) is 13.2 Å². The summed E-state index contributed by atoms with van der Waals surface area (Å²) >= 11 is 0. The van der Waals surface area contributed by atoms with Crippen LogP contribution in [0.4, 0.5) is 5.69 Å². The minimum atomic E-state index is -3.77. The largest absolute Gasteiger partial charge is 0.497 e. The number of benzene rings is 3. The molecule has 1 aliphatic heterocycles. The number of carbonyl (C=O) groups is 1. The van der Waals surface area contributed by atoms with E-state index in [1.165, 1.54) is 29.0 Å². The number of para-hydroxylation sites is 1. The second kappa shape index (κ2) is 11.0. The molecule has 7 heteroatoms. The standard InChI is InChI=1S/C28H32N2O4S/c1-29(25-8-4-3-5-9-25)35(32,33)27-10-6-7-24(21-27)28(31)30-19-17-23(18-20-30)12-11-22-13-15-26(34-2)16-14-22/h3-10,13-16,21,23H,11-12,17-20H2,1-2H3. The molecule has 6 nitrogen and oxygen atoms in total. The SMILES string of the molecule is COc1ccc(CCC2CCN(C(=O)c3cccc(S(=O)(=O)N(C)c4ccccc4)c3)CC2)cc1. The summed E-state index contributed by atoms with van der Waals surface area (Å²) in [5.74, 6) is 1.33. The number of likely N-dealkylation sites (tertiary alicyclic amines) is 1. The van der Waals surface area contributed by atoms with E-state index in [1.807, 2.05) is 23.1 Å². The second-order valence-corrected chi connectivity index (χ2v) is 10.9. The Bertz CT molecular complexity index is 1240. The molecule has 35 heavy (non-hydrogen) atoms. The molecule has 0 spiro atoms. The summed E-state index contributed by atoms with van der Waals surface area (Å²) in [4.78, 5) is 15.1. The lowest BCUT2D eigenvalue weighted by Crippen LogP contribution is -2.38. The van der Waals surface area contributed by atoms with Gasteiger partial charge in [-0.15, -0.1) is 0 Å². The van der Waals surface area contributed by atoms with E-state index < -0.39 is 10.0 Å². The zero-order valence-corrected chi connectivity index (χ0v) is 21.1. The third-order valence-electron chi connectivity index (χ3n) is 6.76. The summed E-state index contributed by atoms with van der Waals surface area (Å²) in [5, 5.41) is 0. The number of anilines is 1. The molecular formula is C28H32N2O4S. The number of ether oxygens (including phenoxy) is 1. The minimum absolute atomic E-state index is 0.113. The van der Waals surface area contributed by atoms with Crippen LogP contribution in [0.15, 0.2) is 83.8 Å². The third kappa shape index (κ3) is 5.85. The number of amides is 1. The monoisotopic (exact) mass is 492 g/mol. The van der Waals surface area contributed by atoms with Crippen LogP contribution in [0, 0.1) is 5.92 Å². The van der Waals surface area contributed by atoms with E-state index in [0.717, 1.165) is 31.4 Å². The fourth-order valence-corrected chi connectivity index (χ4v) is 5.74. The van der Waals surface area contributed by atoms with Gasteiger partial charge in [-0.2, -0.15) is 0 Å². The van der Waals surface area contributed by atoms with Gasteiger partial charge in [-0.25, -0.2) is 8.42 Å². The van der Waals surface area contributed by atoms with Gasteiger partial charge in [0.05, 0.1) is 17.7 Å². The van der Waals surface area contributed by atoms with Crippen LogP contribution in [0.5, 0.6) is 5.75 Å². The summed E-state index contributed by atoms with van der Waals surface area (Å²) in [6.45, 7) is 1.38. The zero-order chi connectivity index (χ0) is 24.8. The van der Waals surface area contributed by atoms with Gasteiger partial charge < -0.3 is 9.64 Å². The lowest BCUT2D eigenvalue weighted by atomic mass is 9.90. The average molecular weight is 493 g/mol. The molecule has 0 atom stereocenters. The number of sulfonamides is 1. The van der Waals surface area contributed by atoms with Crippen molar-refractivity contribution in [3.05, 3.63) is 90.0 Å². The predicted molar refractivity (Wildman–Crippen MR) is 138 cm³/mol. The van der Waals surface area contributed by atoms with Crippen LogP contribution in [0.3, 0.4) is 0 Å². The first-order valence-electron chi connectivity index (χ1n) is 11.9. The van der Waals surface area contributed by atoms with Crippen LogP contribution < -0.4 is 9.04 Å². The molecule has 0 saturated carbocycles. The Kier molecular flexibility index (Phi) is 7.76. The maximum Gasteiger partial charge on any atom is 0.264 e. The number of piperidine rings is 1. The van der Waals surface area contributed by atoms with E-state index >= 15 is 0 Å². The third-order valence-corrected chi connectivity index (χ3v) is 8.54. The molecule has 4 rings (SSSR count). The first-order chi connectivity index (χ1) is 16.9. The fourth-order valence-electron chi connectivity index (χ4n) is 4.49. The Hall–Kier alpha value is -3.32. The van der Waals surface area contributed by atoms with Crippen molar-refractivity contribution in [3.63, 3.8) is 0 Å². The lowest BCUT2D eigenvalue weighted by molar-refractivity contribution is 0.0686. The molecule has 0 unspecified atom stereocenters. The highest BCUT2D eigenvalue weighted by Crippen LogP contribution is 2.26. The summed E-state index contributed by atoms with van der Waals surface area (Å²) in [7, 11) is -0.578. The number of carbonyl (C=O) groups excluding carboxylic acids is 1. The quantitative estimate of drug-likeness (QED) is 0.444. The summed E-state index contributed by atoms with van der Waals surface area (Å²) < 4.78 is 32.8. The highest BCUT2D eigenvalue weighted by molar-refractivity contribution is 7.92. The van der Waals surface area contributed by atoms with Crippen molar-refractivity contribution >= 4 is 21.6 Å². The molecule has 1 aliphatic rings. The van der Waals surface area contributed by atoms with Crippen molar-refractivity contribution in [3.8, 4) is 5.75 Å². The van der Waals surface area contributed by atoms with Gasteiger partial charge in [0.2, 0.25) is 0 Å². The molecule has 0 aliphatic carbocycles. The minimum Gasteiger partial charge on any atom is -0.497 e. The van der Waals surface area contributed by atoms with Crippen molar-refractivity contribution < 1.29 is 17.9 Å². The van der Waals surface area contributed by atoms with Gasteiger partial charge in [-0.3, -0.25) is 9.10 Å². The highest BCUT2D eigenvalue weighted by atomic mass is 32.2. The van der Waals surface area contributed by atoms with Crippen LogP contribution in [0.2, 0.25) is 0 Å². The molecule has 0 aromatic heterocycles. The Morgan fingerprint density at radius 2 is 1.66 bits per heavy atom. The Morgan fingerprint density at radius 3 is 2.31 bits per heavy atom. The molecule has 0 N–H and O–H groups in total. The van der Waals surface area contributed by atoms with Crippen LogP contribution in [-0.4, -0.2) is 46.5 Å². The summed E-state index contributed by atoms with van der Waals surface area (Å²) in [6.07, 6.45) is 4.01. The summed E-state index contributed by atoms with van der Waals surface area (Å²) in [6, 6.07) is 23.5. The van der Waals surface area contributed by atoms with Gasteiger partial charge >= 0.3 is 0 Å². The smallest absolute Gasteiger partial charge is 0.264 e. The van der Waals surface area contributed by atoms with Gasteiger partial charge in [0.1, 0.15) is 5.75 Å². The van der Waals surface area contributed by atoms with E-state index in [2.05, 4.69) is 12.1 Å². The number of aryl methyl sites for hydroxylation is 1. The first-order valence-corrected chi connectivity index (χ1v) is 13.4. The number of rotatable bonds is 8. The fraction of sp³-hybridized carbons (Fsp3) is 0.321. The zero-order valence-electron chi connectivity index (χ0n) is 20.3. The topological polar surface area (TPSA) is 66.9 Å². The highest BCUT2D eigenvalue weighted by Gasteiger charge is 2.26. The predicted octanol–water partition coefficient (Wildman–Crippen LogP) is 5.01. The normalized spacial score (nSPS) is 14.5. The Labute approximate surface area is 208 Å². The van der Waals surface area contributed by atoms with Crippen LogP contribution in [0.25, 0.3) is 0 Å². The lowest BCUT2D eigenvalue weighted by Gasteiger charge is -2.32. The van der Waals surface area contributed by atoms with E-state index in [4.69, 9.17) is 4.74 Å². The van der Waals surface area contributed by atoms with Crippen molar-refractivity contribution in [2.45, 2.75) is 30.6 Å². The van der Waals surface area contributed by atoms with Gasteiger partial charge in [-0.05, 0) is 79.6 Å². The van der Waals surface area contributed by atoms with E-state index in [0.29, 0.717) is 30.3 Å². The summed E-state index contributed by atoms with van der Waals surface area (Å²) in [5.41, 5.74) is 2.27. The molecule has 184 valence electrons. The van der Waals surface area contributed by atoms with Crippen LogP contribution >= 0.6 is 0 Å². The molecule has 1 fully saturated rings. The molecule has 1 amide bonds. The van der Waals surface area contributed by atoms with Crippen molar-refractivity contribution in [2.75, 3.05) is 31.6 Å². The van der Waals surface area contributed by atoms with E-state index in [1.54, 1.807) is 43.5 Å². The maximum absolute atomic E-state index is 13.2. The van der Waals surface area contributed by atoms with Gasteiger partial charge in [0.15, 0.2) is 0 Å².